The number of rotatable bonds is 6. The summed E-state index contributed by atoms with van der Waals surface area (Å²) < 4.78 is 46.2. The molecule has 0 aliphatic heterocycles. The lowest BCUT2D eigenvalue weighted by Gasteiger charge is -2.34. The quantitative estimate of drug-likeness (QED) is 0.867. The second kappa shape index (κ2) is 6.45. The van der Waals surface area contributed by atoms with E-state index in [0.29, 0.717) is 18.6 Å². The maximum Gasteiger partial charge on any atom is 0.573 e. The summed E-state index contributed by atoms with van der Waals surface area (Å²) in [7, 11) is 0. The molecule has 1 rings (SSSR count). The summed E-state index contributed by atoms with van der Waals surface area (Å²) in [4.78, 5) is 0. The van der Waals surface area contributed by atoms with Crippen molar-refractivity contribution in [2.75, 3.05) is 6.61 Å². The van der Waals surface area contributed by atoms with Gasteiger partial charge in [0.1, 0.15) is 5.75 Å². The van der Waals surface area contributed by atoms with Crippen LogP contribution in [0.3, 0.4) is 0 Å². The largest absolute Gasteiger partial charge is 0.573 e. The summed E-state index contributed by atoms with van der Waals surface area (Å²) in [6.45, 7) is 6.10. The van der Waals surface area contributed by atoms with Crippen LogP contribution in [0.4, 0.5) is 13.2 Å². The fraction of sp³-hybridized carbons (Fsp3) is 0.571. The number of nitrogens with two attached hydrogens (primary N) is 1. The molecule has 0 spiro atoms. The van der Waals surface area contributed by atoms with Crippen molar-refractivity contribution in [3.05, 3.63) is 29.8 Å². The Bertz CT molecular complexity index is 437. The minimum Gasteiger partial charge on any atom is -0.406 e. The van der Waals surface area contributed by atoms with Crippen LogP contribution in [0.15, 0.2) is 24.3 Å². The highest BCUT2D eigenvalue weighted by Gasteiger charge is 2.34. The lowest BCUT2D eigenvalue weighted by atomic mass is 9.88. The van der Waals surface area contributed by atoms with Gasteiger partial charge in [0.15, 0.2) is 0 Å². The molecule has 114 valence electrons. The van der Waals surface area contributed by atoms with Gasteiger partial charge in [-0.2, -0.15) is 0 Å². The van der Waals surface area contributed by atoms with E-state index in [1.54, 1.807) is 6.07 Å². The first-order valence-electron chi connectivity index (χ1n) is 6.47. The molecule has 0 amide bonds. The molecule has 0 fully saturated rings. The molecule has 1 aromatic rings. The Balaban J connectivity index is 2.98. The topological polar surface area (TPSA) is 44.5 Å². The molecule has 0 radical (unpaired) electrons. The predicted octanol–water partition coefficient (Wildman–Crippen LogP) is 3.79. The van der Waals surface area contributed by atoms with Gasteiger partial charge in [-0.05, 0) is 38.0 Å². The molecule has 0 saturated heterocycles. The van der Waals surface area contributed by atoms with Crippen LogP contribution in [0, 0.1) is 0 Å². The van der Waals surface area contributed by atoms with Crippen LogP contribution in [-0.2, 0) is 4.74 Å². The summed E-state index contributed by atoms with van der Waals surface area (Å²) in [6.07, 6.45) is -4.07. The van der Waals surface area contributed by atoms with Gasteiger partial charge in [0.25, 0.3) is 0 Å². The highest BCUT2D eigenvalue weighted by molar-refractivity contribution is 5.32. The third kappa shape index (κ3) is 4.38. The molecular formula is C14H20F3NO2. The molecule has 2 N–H and O–H groups in total. The number of halogens is 3. The van der Waals surface area contributed by atoms with E-state index in [0.717, 1.165) is 0 Å². The van der Waals surface area contributed by atoms with Crippen molar-refractivity contribution < 1.29 is 22.6 Å². The Morgan fingerprint density at radius 3 is 2.40 bits per heavy atom. The van der Waals surface area contributed by atoms with E-state index >= 15 is 0 Å². The molecule has 3 nitrogen and oxygen atoms in total. The SMILES string of the molecule is CCOC(C)(CC)C(N)c1cccc(OC(F)(F)F)c1. The van der Waals surface area contributed by atoms with E-state index in [-0.39, 0.29) is 5.75 Å². The molecule has 2 atom stereocenters. The third-order valence-electron chi connectivity index (χ3n) is 3.28. The number of ether oxygens (including phenoxy) is 2. The minimum absolute atomic E-state index is 0.277. The van der Waals surface area contributed by atoms with Crippen LogP contribution >= 0.6 is 0 Å². The number of hydrogen-bond donors (Lipinski definition) is 1. The second-order valence-electron chi connectivity index (χ2n) is 4.70. The van der Waals surface area contributed by atoms with Crippen LogP contribution in [-0.4, -0.2) is 18.6 Å². The van der Waals surface area contributed by atoms with Crippen molar-refractivity contribution in [2.45, 2.75) is 45.2 Å². The first kappa shape index (κ1) is 16.8. The van der Waals surface area contributed by atoms with Gasteiger partial charge < -0.3 is 15.2 Å². The molecule has 1 aromatic carbocycles. The molecule has 2 unspecified atom stereocenters. The fourth-order valence-electron chi connectivity index (χ4n) is 2.00. The zero-order valence-electron chi connectivity index (χ0n) is 11.8. The van der Waals surface area contributed by atoms with E-state index in [2.05, 4.69) is 4.74 Å². The highest BCUT2D eigenvalue weighted by Crippen LogP contribution is 2.32. The summed E-state index contributed by atoms with van der Waals surface area (Å²) in [6, 6.07) is 5.15. The van der Waals surface area contributed by atoms with Gasteiger partial charge in [0, 0.05) is 6.61 Å². The molecular weight excluding hydrogens is 271 g/mol. The molecule has 6 heteroatoms. The van der Waals surface area contributed by atoms with Crippen molar-refractivity contribution in [3.8, 4) is 5.75 Å². The van der Waals surface area contributed by atoms with E-state index < -0.39 is 18.0 Å². The molecule has 0 saturated carbocycles. The average molecular weight is 291 g/mol. The lowest BCUT2D eigenvalue weighted by molar-refractivity contribution is -0.274. The van der Waals surface area contributed by atoms with Crippen LogP contribution < -0.4 is 10.5 Å². The van der Waals surface area contributed by atoms with Gasteiger partial charge in [-0.1, -0.05) is 19.1 Å². The lowest BCUT2D eigenvalue weighted by Crippen LogP contribution is -2.40. The standard InChI is InChI=1S/C14H20F3NO2/c1-4-13(3,19-5-2)12(18)10-7-6-8-11(9-10)20-14(15,16)17/h6-9,12H,4-5,18H2,1-3H3. The first-order valence-corrected chi connectivity index (χ1v) is 6.47. The molecule has 0 aliphatic rings. The zero-order valence-corrected chi connectivity index (χ0v) is 11.8. The summed E-state index contributed by atoms with van der Waals surface area (Å²) >= 11 is 0. The first-order chi connectivity index (χ1) is 9.22. The fourth-order valence-corrected chi connectivity index (χ4v) is 2.00. The highest BCUT2D eigenvalue weighted by atomic mass is 19.4. The zero-order chi connectivity index (χ0) is 15.4. The molecule has 0 aliphatic carbocycles. The Kier molecular flexibility index (Phi) is 5.42. The van der Waals surface area contributed by atoms with Crippen LogP contribution in [0.5, 0.6) is 5.75 Å². The van der Waals surface area contributed by atoms with E-state index in [1.807, 2.05) is 20.8 Å². The Hall–Kier alpha value is -1.27. The normalized spacial score (nSPS) is 16.6. The minimum atomic E-state index is -4.71. The van der Waals surface area contributed by atoms with E-state index in [4.69, 9.17) is 10.5 Å². The van der Waals surface area contributed by atoms with Gasteiger partial charge >= 0.3 is 6.36 Å². The van der Waals surface area contributed by atoms with E-state index in [1.165, 1.54) is 18.2 Å². The Labute approximate surface area is 116 Å². The summed E-state index contributed by atoms with van der Waals surface area (Å²) in [5.41, 5.74) is 6.05. The average Bonchev–Trinajstić information content (AvgIpc) is 2.36. The van der Waals surface area contributed by atoms with Gasteiger partial charge in [-0.15, -0.1) is 13.2 Å². The van der Waals surface area contributed by atoms with Gasteiger partial charge in [-0.3, -0.25) is 0 Å². The summed E-state index contributed by atoms with van der Waals surface area (Å²) in [5.74, 6) is -0.277. The van der Waals surface area contributed by atoms with Crippen molar-refractivity contribution in [1.82, 2.24) is 0 Å². The molecule has 0 heterocycles. The van der Waals surface area contributed by atoms with Crippen molar-refractivity contribution >= 4 is 0 Å². The van der Waals surface area contributed by atoms with Crippen molar-refractivity contribution in [3.63, 3.8) is 0 Å². The monoisotopic (exact) mass is 291 g/mol. The predicted molar refractivity (Wildman–Crippen MR) is 70.4 cm³/mol. The second-order valence-corrected chi connectivity index (χ2v) is 4.70. The van der Waals surface area contributed by atoms with Crippen LogP contribution in [0.25, 0.3) is 0 Å². The van der Waals surface area contributed by atoms with E-state index in [9.17, 15) is 13.2 Å². The van der Waals surface area contributed by atoms with Gasteiger partial charge in [0.2, 0.25) is 0 Å². The van der Waals surface area contributed by atoms with Gasteiger partial charge in [0.05, 0.1) is 11.6 Å². The maximum absolute atomic E-state index is 12.2. The third-order valence-corrected chi connectivity index (χ3v) is 3.28. The van der Waals surface area contributed by atoms with Crippen LogP contribution in [0.2, 0.25) is 0 Å². The molecule has 0 aromatic heterocycles. The Morgan fingerprint density at radius 1 is 1.25 bits per heavy atom. The van der Waals surface area contributed by atoms with Gasteiger partial charge in [-0.25, -0.2) is 0 Å². The number of alkyl halides is 3. The van der Waals surface area contributed by atoms with Crippen LogP contribution in [0.1, 0.15) is 38.8 Å². The number of benzene rings is 1. The Morgan fingerprint density at radius 2 is 1.90 bits per heavy atom. The van der Waals surface area contributed by atoms with Crippen molar-refractivity contribution in [2.24, 2.45) is 5.73 Å². The summed E-state index contributed by atoms with van der Waals surface area (Å²) in [5, 5.41) is 0. The number of hydrogen-bond acceptors (Lipinski definition) is 3. The van der Waals surface area contributed by atoms with Crippen molar-refractivity contribution in [1.29, 1.82) is 0 Å². The smallest absolute Gasteiger partial charge is 0.406 e. The molecule has 0 bridgehead atoms. The maximum atomic E-state index is 12.2. The molecule has 20 heavy (non-hydrogen) atoms.